The summed E-state index contributed by atoms with van der Waals surface area (Å²) in [7, 11) is -3.61. The molecule has 0 spiro atoms. The minimum Gasteiger partial charge on any atom is -0.494 e. The number of rotatable bonds is 11. The summed E-state index contributed by atoms with van der Waals surface area (Å²) >= 11 is 0. The number of anilines is 1. The highest BCUT2D eigenvalue weighted by atomic mass is 31.2. The minimum absolute atomic E-state index is 0.0712. The van der Waals surface area contributed by atoms with E-state index in [-0.39, 0.29) is 18.9 Å². The summed E-state index contributed by atoms with van der Waals surface area (Å²) in [6.45, 7) is 6.27. The molecule has 0 saturated carbocycles. The molecule has 1 N–H and O–H groups in total. The van der Waals surface area contributed by atoms with Gasteiger partial charge >= 0.3 is 7.60 Å². The predicted molar refractivity (Wildman–Crippen MR) is 108 cm³/mol. The molecule has 0 bridgehead atoms. The monoisotopic (exact) mass is 408 g/mol. The Kier molecular flexibility index (Phi) is 7.99. The fourth-order valence-electron chi connectivity index (χ4n) is 2.67. The maximum atomic E-state index is 13.5. The van der Waals surface area contributed by atoms with Crippen molar-refractivity contribution >= 4 is 19.0 Å². The number of nitro groups is 1. The topological polar surface area (TPSA) is 99.9 Å². The molecule has 0 fully saturated rings. The van der Waals surface area contributed by atoms with Crippen LogP contribution in [0.3, 0.4) is 0 Å². The Labute approximate surface area is 164 Å². The number of hydrogen-bond acceptors (Lipinski definition) is 7. The van der Waals surface area contributed by atoms with Gasteiger partial charge < -0.3 is 19.1 Å². The molecule has 0 aliphatic carbocycles. The van der Waals surface area contributed by atoms with E-state index in [0.29, 0.717) is 23.6 Å². The van der Waals surface area contributed by atoms with Gasteiger partial charge in [-0.1, -0.05) is 18.2 Å². The van der Waals surface area contributed by atoms with Crippen molar-refractivity contribution in [1.82, 2.24) is 0 Å². The van der Waals surface area contributed by atoms with Gasteiger partial charge in [0.2, 0.25) is 0 Å². The molecule has 1 atom stereocenters. The highest BCUT2D eigenvalue weighted by Crippen LogP contribution is 2.60. The molecular weight excluding hydrogens is 383 g/mol. The first-order valence-corrected chi connectivity index (χ1v) is 10.7. The van der Waals surface area contributed by atoms with E-state index in [2.05, 4.69) is 5.32 Å². The summed E-state index contributed by atoms with van der Waals surface area (Å²) in [6, 6.07) is 13.1. The molecule has 0 radical (unpaired) electrons. The van der Waals surface area contributed by atoms with Crippen molar-refractivity contribution in [3.8, 4) is 5.75 Å². The van der Waals surface area contributed by atoms with E-state index in [1.807, 2.05) is 6.92 Å². The maximum Gasteiger partial charge on any atom is 0.357 e. The second-order valence-electron chi connectivity index (χ2n) is 5.73. The van der Waals surface area contributed by atoms with E-state index in [1.165, 1.54) is 12.1 Å². The first-order chi connectivity index (χ1) is 13.4. The maximum absolute atomic E-state index is 13.5. The van der Waals surface area contributed by atoms with Gasteiger partial charge in [0, 0.05) is 17.8 Å². The summed E-state index contributed by atoms with van der Waals surface area (Å²) in [5.41, 5.74) is 1.02. The zero-order chi connectivity index (χ0) is 20.6. The number of nitrogens with zero attached hydrogens (tertiary/aromatic N) is 1. The van der Waals surface area contributed by atoms with E-state index in [1.54, 1.807) is 50.2 Å². The van der Waals surface area contributed by atoms with Crippen LogP contribution >= 0.6 is 7.60 Å². The number of nitrogens with one attached hydrogen (secondary N) is 1. The molecular formula is C19H25N2O6P. The number of hydrogen-bond donors (Lipinski definition) is 1. The van der Waals surface area contributed by atoms with Gasteiger partial charge in [-0.2, -0.15) is 0 Å². The Morgan fingerprint density at radius 1 is 1.04 bits per heavy atom. The fraction of sp³-hybridized carbons (Fsp3) is 0.368. The van der Waals surface area contributed by atoms with Gasteiger partial charge in [-0.25, -0.2) is 0 Å². The molecule has 0 aromatic heterocycles. The largest absolute Gasteiger partial charge is 0.494 e. The molecule has 0 aliphatic heterocycles. The molecule has 2 aromatic rings. The van der Waals surface area contributed by atoms with E-state index >= 15 is 0 Å². The van der Waals surface area contributed by atoms with Crippen LogP contribution in [0.1, 0.15) is 32.1 Å². The van der Waals surface area contributed by atoms with Gasteiger partial charge in [-0.15, -0.1) is 0 Å². The van der Waals surface area contributed by atoms with Crippen LogP contribution in [0, 0.1) is 10.1 Å². The van der Waals surface area contributed by atoms with Crippen molar-refractivity contribution in [3.05, 3.63) is 64.2 Å². The Morgan fingerprint density at radius 2 is 1.68 bits per heavy atom. The van der Waals surface area contributed by atoms with Crippen molar-refractivity contribution in [3.63, 3.8) is 0 Å². The standard InChI is InChI=1S/C19H25N2O6P/c1-4-25-18-12-10-15(11-13-18)19(28(24,26-5-2)27-6-3)20-16-8-7-9-17(14-16)21(22)23/h7-14,19-20H,4-6H2,1-3H3. The Bertz CT molecular complexity index is 817. The molecule has 2 aromatic carbocycles. The normalized spacial score (nSPS) is 12.4. The Morgan fingerprint density at radius 3 is 2.21 bits per heavy atom. The predicted octanol–water partition coefficient (Wildman–Crippen LogP) is 5.37. The fourth-order valence-corrected chi connectivity index (χ4v) is 4.61. The van der Waals surface area contributed by atoms with Crippen LogP contribution in [-0.2, 0) is 13.6 Å². The highest BCUT2D eigenvalue weighted by Gasteiger charge is 2.37. The first-order valence-electron chi connectivity index (χ1n) is 9.06. The van der Waals surface area contributed by atoms with E-state index in [9.17, 15) is 14.7 Å². The van der Waals surface area contributed by atoms with Gasteiger partial charge in [-0.3, -0.25) is 14.7 Å². The number of non-ortho nitro benzene ring substituents is 1. The Hall–Kier alpha value is -2.41. The summed E-state index contributed by atoms with van der Waals surface area (Å²) < 4.78 is 30.0. The van der Waals surface area contributed by atoms with Gasteiger partial charge in [-0.05, 0) is 44.5 Å². The third kappa shape index (κ3) is 5.55. The summed E-state index contributed by atoms with van der Waals surface area (Å²) in [5.74, 6) is -0.159. The average Bonchev–Trinajstić information content (AvgIpc) is 2.68. The molecule has 1 unspecified atom stereocenters. The van der Waals surface area contributed by atoms with Crippen LogP contribution in [0.2, 0.25) is 0 Å². The van der Waals surface area contributed by atoms with Crippen molar-refractivity contribution in [2.45, 2.75) is 26.6 Å². The zero-order valence-electron chi connectivity index (χ0n) is 16.2. The third-order valence-electron chi connectivity index (χ3n) is 3.80. The lowest BCUT2D eigenvalue weighted by Gasteiger charge is -2.28. The molecule has 0 amide bonds. The number of nitro benzene ring substituents is 1. The van der Waals surface area contributed by atoms with Crippen LogP contribution in [0.25, 0.3) is 0 Å². The molecule has 28 heavy (non-hydrogen) atoms. The number of ether oxygens (including phenoxy) is 1. The first kappa shape index (κ1) is 21.9. The summed E-state index contributed by atoms with van der Waals surface area (Å²) in [6.07, 6.45) is 0. The molecule has 0 aliphatic rings. The van der Waals surface area contributed by atoms with Crippen LogP contribution in [0.15, 0.2) is 48.5 Å². The van der Waals surface area contributed by atoms with Crippen LogP contribution in [-0.4, -0.2) is 24.7 Å². The minimum atomic E-state index is -3.61. The van der Waals surface area contributed by atoms with Gasteiger partial charge in [0.1, 0.15) is 5.75 Å². The highest BCUT2D eigenvalue weighted by molar-refractivity contribution is 7.54. The molecule has 8 nitrogen and oxygen atoms in total. The van der Waals surface area contributed by atoms with Crippen molar-refractivity contribution < 1.29 is 23.3 Å². The molecule has 2 rings (SSSR count). The summed E-state index contributed by atoms with van der Waals surface area (Å²) in [5, 5.41) is 14.2. The van der Waals surface area contributed by atoms with Gasteiger partial charge in [0.15, 0.2) is 5.78 Å². The van der Waals surface area contributed by atoms with Gasteiger partial charge in [0.05, 0.1) is 24.7 Å². The van der Waals surface area contributed by atoms with E-state index in [4.69, 9.17) is 13.8 Å². The average molecular weight is 408 g/mol. The summed E-state index contributed by atoms with van der Waals surface area (Å²) in [4.78, 5) is 10.6. The lowest BCUT2D eigenvalue weighted by Crippen LogP contribution is -2.15. The van der Waals surface area contributed by atoms with Gasteiger partial charge in [0.25, 0.3) is 5.69 Å². The van der Waals surface area contributed by atoms with Crippen LogP contribution in [0.5, 0.6) is 5.75 Å². The zero-order valence-corrected chi connectivity index (χ0v) is 17.1. The van der Waals surface area contributed by atoms with Crippen LogP contribution < -0.4 is 10.1 Å². The van der Waals surface area contributed by atoms with Crippen molar-refractivity contribution in [1.29, 1.82) is 0 Å². The number of benzene rings is 2. The Balaban J connectivity index is 2.44. The second kappa shape index (κ2) is 10.2. The molecule has 0 saturated heterocycles. The van der Waals surface area contributed by atoms with Crippen molar-refractivity contribution in [2.24, 2.45) is 0 Å². The molecule has 9 heteroatoms. The van der Waals surface area contributed by atoms with Crippen LogP contribution in [0.4, 0.5) is 11.4 Å². The second-order valence-corrected chi connectivity index (χ2v) is 7.84. The lowest BCUT2D eigenvalue weighted by molar-refractivity contribution is -0.384. The molecule has 152 valence electrons. The SMILES string of the molecule is CCOc1ccc(C(Nc2cccc([N+](=O)[O-])c2)P(=O)(OCC)OCC)cc1. The van der Waals surface area contributed by atoms with Crippen molar-refractivity contribution in [2.75, 3.05) is 25.1 Å². The smallest absolute Gasteiger partial charge is 0.357 e. The van der Waals surface area contributed by atoms with E-state index < -0.39 is 18.3 Å². The quantitative estimate of drug-likeness (QED) is 0.303. The third-order valence-corrected chi connectivity index (χ3v) is 6.10. The molecule has 0 heterocycles. The van der Waals surface area contributed by atoms with E-state index in [0.717, 1.165) is 0 Å². The lowest BCUT2D eigenvalue weighted by atomic mass is 10.2.